The van der Waals surface area contributed by atoms with Gasteiger partial charge in [-0.25, -0.2) is 4.79 Å². The summed E-state index contributed by atoms with van der Waals surface area (Å²) in [5.74, 6) is -2.53. The number of hydrogen-bond donors (Lipinski definition) is 0. The van der Waals surface area contributed by atoms with E-state index in [9.17, 15) is 22.8 Å². The maximum absolute atomic E-state index is 11.9. The number of halogens is 3. The number of ketones is 1. The van der Waals surface area contributed by atoms with Crippen molar-refractivity contribution in [3.63, 3.8) is 0 Å². The third kappa shape index (κ3) is 5.38. The number of carbonyl (C=O) groups excluding carboxylic acids is 2. The van der Waals surface area contributed by atoms with E-state index in [0.29, 0.717) is 6.26 Å². The lowest BCUT2D eigenvalue weighted by atomic mass is 10.1. The summed E-state index contributed by atoms with van der Waals surface area (Å²) in [6.07, 6.45) is -5.71. The topological polar surface area (TPSA) is 52.6 Å². The minimum atomic E-state index is -4.67. The van der Waals surface area contributed by atoms with Gasteiger partial charge in [-0.15, -0.1) is 0 Å². The number of hydrogen-bond acceptors (Lipinski definition) is 4. The molecule has 0 amide bonds. The summed E-state index contributed by atoms with van der Waals surface area (Å²) in [7, 11) is 0.961. The summed E-state index contributed by atoms with van der Waals surface area (Å²) in [6, 6.07) is 0. The average molecular weight is 240 g/mol. The Morgan fingerprint density at radius 2 is 1.88 bits per heavy atom. The van der Waals surface area contributed by atoms with Gasteiger partial charge >= 0.3 is 12.1 Å². The molecule has 0 fully saturated rings. The third-order valence-electron chi connectivity index (χ3n) is 1.43. The number of methoxy groups -OCH3 is 1. The van der Waals surface area contributed by atoms with Crippen molar-refractivity contribution in [3.8, 4) is 0 Å². The summed E-state index contributed by atoms with van der Waals surface area (Å²) < 4.78 is 44.5. The minimum absolute atomic E-state index is 0.125. The van der Waals surface area contributed by atoms with Crippen LogP contribution < -0.4 is 0 Å². The van der Waals surface area contributed by atoms with Crippen molar-refractivity contribution in [2.75, 3.05) is 13.7 Å². The number of rotatable bonds is 5. The second kappa shape index (κ2) is 6.14. The monoisotopic (exact) mass is 240 g/mol. The molecule has 7 heteroatoms. The van der Waals surface area contributed by atoms with Crippen molar-refractivity contribution in [1.82, 2.24) is 0 Å². The molecule has 92 valence electrons. The molecule has 0 aromatic rings. The lowest BCUT2D eigenvalue weighted by molar-refractivity contribution is -0.151. The first-order chi connectivity index (χ1) is 7.31. The van der Waals surface area contributed by atoms with E-state index in [1.165, 1.54) is 0 Å². The van der Waals surface area contributed by atoms with Gasteiger partial charge < -0.3 is 9.47 Å². The van der Waals surface area contributed by atoms with Gasteiger partial charge in [0.1, 0.15) is 18.3 Å². The van der Waals surface area contributed by atoms with E-state index in [1.807, 2.05) is 0 Å². The van der Waals surface area contributed by atoms with E-state index >= 15 is 0 Å². The van der Waals surface area contributed by atoms with Crippen LogP contribution in [0.15, 0.2) is 11.8 Å². The Morgan fingerprint density at radius 3 is 2.25 bits per heavy atom. The zero-order valence-electron chi connectivity index (χ0n) is 8.76. The molecular formula is C9H11F3O4. The van der Waals surface area contributed by atoms with Crippen LogP contribution in [-0.4, -0.2) is 31.6 Å². The van der Waals surface area contributed by atoms with Gasteiger partial charge in [0.15, 0.2) is 5.78 Å². The largest absolute Gasteiger partial charge is 0.500 e. The van der Waals surface area contributed by atoms with Crippen LogP contribution in [-0.2, 0) is 19.1 Å². The Morgan fingerprint density at radius 1 is 1.31 bits per heavy atom. The van der Waals surface area contributed by atoms with E-state index < -0.39 is 29.9 Å². The highest BCUT2D eigenvalue weighted by Crippen LogP contribution is 2.22. The number of esters is 1. The quantitative estimate of drug-likeness (QED) is 0.241. The first-order valence-corrected chi connectivity index (χ1v) is 4.31. The Labute approximate surface area is 90.0 Å². The smallest absolute Gasteiger partial charge is 0.396 e. The van der Waals surface area contributed by atoms with Crippen LogP contribution in [0.2, 0.25) is 0 Å². The molecule has 4 nitrogen and oxygen atoms in total. The molecule has 0 saturated carbocycles. The van der Waals surface area contributed by atoms with E-state index in [4.69, 9.17) is 0 Å². The van der Waals surface area contributed by atoms with Gasteiger partial charge in [-0.05, 0) is 6.92 Å². The Bertz CT molecular complexity index is 294. The summed E-state index contributed by atoms with van der Waals surface area (Å²) in [4.78, 5) is 22.1. The maximum Gasteiger partial charge on any atom is 0.396 e. The average Bonchev–Trinajstić information content (AvgIpc) is 2.15. The standard InChI is InChI=1S/C9H11F3O4/c1-3-16-5-6(8(14)15-2)7(13)4-9(10,11)12/h5H,3-4H2,1-2H3/b6-5-. The molecule has 0 heterocycles. The van der Waals surface area contributed by atoms with Gasteiger partial charge in [0.2, 0.25) is 0 Å². The molecule has 0 aromatic heterocycles. The minimum Gasteiger partial charge on any atom is -0.500 e. The highest BCUT2D eigenvalue weighted by molar-refractivity contribution is 6.17. The Kier molecular flexibility index (Phi) is 5.55. The zero-order valence-corrected chi connectivity index (χ0v) is 8.76. The Balaban J connectivity index is 4.77. The van der Waals surface area contributed by atoms with E-state index in [2.05, 4.69) is 9.47 Å². The lowest BCUT2D eigenvalue weighted by Gasteiger charge is -2.07. The molecule has 0 N–H and O–H groups in total. The fourth-order valence-electron chi connectivity index (χ4n) is 0.782. The van der Waals surface area contributed by atoms with Gasteiger partial charge in [0.05, 0.1) is 13.7 Å². The third-order valence-corrected chi connectivity index (χ3v) is 1.43. The van der Waals surface area contributed by atoms with Crippen LogP contribution in [0.1, 0.15) is 13.3 Å². The summed E-state index contributed by atoms with van der Waals surface area (Å²) in [6.45, 7) is 1.68. The molecule has 0 saturated heterocycles. The summed E-state index contributed by atoms with van der Waals surface area (Å²) in [5, 5.41) is 0. The lowest BCUT2D eigenvalue weighted by Crippen LogP contribution is -2.21. The van der Waals surface area contributed by atoms with Crippen LogP contribution in [0.5, 0.6) is 0 Å². The molecular weight excluding hydrogens is 229 g/mol. The molecule has 0 rings (SSSR count). The van der Waals surface area contributed by atoms with Crippen molar-refractivity contribution in [1.29, 1.82) is 0 Å². The predicted molar refractivity (Wildman–Crippen MR) is 47.4 cm³/mol. The molecule has 16 heavy (non-hydrogen) atoms. The van der Waals surface area contributed by atoms with Gasteiger partial charge in [0.25, 0.3) is 0 Å². The number of Topliss-reactive ketones (excluding diaryl/α,β-unsaturated/α-hetero) is 1. The van der Waals surface area contributed by atoms with Crippen molar-refractivity contribution in [3.05, 3.63) is 11.8 Å². The molecule has 0 bridgehead atoms. The van der Waals surface area contributed by atoms with Crippen LogP contribution >= 0.6 is 0 Å². The number of alkyl halides is 3. The van der Waals surface area contributed by atoms with Crippen molar-refractivity contribution in [2.45, 2.75) is 19.5 Å². The van der Waals surface area contributed by atoms with Gasteiger partial charge in [-0.1, -0.05) is 0 Å². The van der Waals surface area contributed by atoms with Crippen molar-refractivity contribution >= 4 is 11.8 Å². The Hall–Kier alpha value is -1.53. The summed E-state index contributed by atoms with van der Waals surface area (Å²) in [5.41, 5.74) is -0.748. The van der Waals surface area contributed by atoms with Crippen molar-refractivity contribution in [2.24, 2.45) is 0 Å². The molecule has 0 spiro atoms. The first kappa shape index (κ1) is 14.5. The molecule has 0 atom stereocenters. The van der Waals surface area contributed by atoms with Gasteiger partial charge in [0, 0.05) is 0 Å². The fraction of sp³-hybridized carbons (Fsp3) is 0.556. The van der Waals surface area contributed by atoms with Crippen LogP contribution in [0.4, 0.5) is 13.2 Å². The normalized spacial score (nSPS) is 12.2. The molecule has 0 aliphatic heterocycles. The molecule has 0 aromatic carbocycles. The van der Waals surface area contributed by atoms with E-state index in [-0.39, 0.29) is 6.61 Å². The molecule has 0 aliphatic carbocycles. The SMILES string of the molecule is CCO/C=C(/C(=O)CC(F)(F)F)C(=O)OC. The van der Waals surface area contributed by atoms with Crippen molar-refractivity contribution < 1.29 is 32.2 Å². The van der Waals surface area contributed by atoms with Gasteiger partial charge in [-0.3, -0.25) is 4.79 Å². The van der Waals surface area contributed by atoms with Crippen LogP contribution in [0.3, 0.4) is 0 Å². The van der Waals surface area contributed by atoms with E-state index in [0.717, 1.165) is 7.11 Å². The molecule has 0 unspecified atom stereocenters. The van der Waals surface area contributed by atoms with Crippen LogP contribution in [0, 0.1) is 0 Å². The zero-order chi connectivity index (χ0) is 12.8. The van der Waals surface area contributed by atoms with E-state index in [1.54, 1.807) is 6.92 Å². The van der Waals surface area contributed by atoms with Crippen LogP contribution in [0.25, 0.3) is 0 Å². The number of carbonyl (C=O) groups is 2. The number of ether oxygens (including phenoxy) is 2. The fourth-order valence-corrected chi connectivity index (χ4v) is 0.782. The predicted octanol–water partition coefficient (Wildman–Crippen LogP) is 1.60. The molecule has 0 radical (unpaired) electrons. The highest BCUT2D eigenvalue weighted by atomic mass is 19.4. The second-order valence-electron chi connectivity index (χ2n) is 2.69. The maximum atomic E-state index is 11.9. The first-order valence-electron chi connectivity index (χ1n) is 4.31. The summed E-state index contributed by atoms with van der Waals surface area (Å²) >= 11 is 0. The van der Waals surface area contributed by atoms with Gasteiger partial charge in [-0.2, -0.15) is 13.2 Å². The second-order valence-corrected chi connectivity index (χ2v) is 2.69. The molecule has 0 aliphatic rings. The highest BCUT2D eigenvalue weighted by Gasteiger charge is 2.34.